The first-order valence-corrected chi connectivity index (χ1v) is 7.59. The molecule has 0 heterocycles. The van der Waals surface area contributed by atoms with Crippen LogP contribution in [-0.2, 0) is 17.1 Å². The first-order chi connectivity index (χ1) is 2.91. The van der Waals surface area contributed by atoms with E-state index in [4.69, 9.17) is 0 Å². The number of hydrogen-bond donors (Lipinski definition) is 0. The Labute approximate surface area is 47.2 Å². The molecule has 0 rings (SSSR count). The Morgan fingerprint density at radius 3 is 2.67 bits per heavy atom. The van der Waals surface area contributed by atoms with Crippen LogP contribution < -0.4 is 0 Å². The first kappa shape index (κ1) is 6.36. The summed E-state index contributed by atoms with van der Waals surface area (Å²) in [5.74, 6) is 0. The van der Waals surface area contributed by atoms with Crippen LogP contribution in [0.2, 0.25) is 10.5 Å². The van der Waals surface area contributed by atoms with Gasteiger partial charge >= 0.3 is 46.7 Å². The minimum atomic E-state index is -0.00146. The van der Waals surface area contributed by atoms with E-state index in [1.807, 2.05) is 6.08 Å². The van der Waals surface area contributed by atoms with Crippen molar-refractivity contribution < 1.29 is 17.1 Å². The molecule has 6 heavy (non-hydrogen) atoms. The van der Waals surface area contributed by atoms with Gasteiger partial charge in [0.05, 0.1) is 0 Å². The number of allylic oxidation sites excluding steroid dienone is 1. The van der Waals surface area contributed by atoms with E-state index in [1.165, 1.54) is 11.4 Å². The summed E-state index contributed by atoms with van der Waals surface area (Å²) in [5, 5.41) is 1.48. The molecule has 0 atom stereocenters. The van der Waals surface area contributed by atoms with E-state index in [2.05, 4.69) is 12.1 Å². The fraction of sp³-hybridized carbons (Fsp3) is 0.600. The molecule has 0 spiro atoms. The van der Waals surface area contributed by atoms with Crippen molar-refractivity contribution in [1.82, 2.24) is 0 Å². The molecule has 0 aromatic heterocycles. The second-order valence-electron chi connectivity index (χ2n) is 1.43. The van der Waals surface area contributed by atoms with Gasteiger partial charge in [-0.2, -0.15) is 0 Å². The van der Waals surface area contributed by atoms with Crippen LogP contribution in [0.3, 0.4) is 0 Å². The second kappa shape index (κ2) is 5.36. The molecule has 0 N–H and O–H groups in total. The van der Waals surface area contributed by atoms with Gasteiger partial charge in [0.2, 0.25) is 0 Å². The topological polar surface area (TPSA) is 0 Å². The Morgan fingerprint density at radius 2 is 2.50 bits per heavy atom. The molecule has 0 aliphatic heterocycles. The Kier molecular flexibility index (Phi) is 5.69. The molecule has 0 nitrogen and oxygen atoms in total. The molecule has 0 aliphatic rings. The van der Waals surface area contributed by atoms with Crippen molar-refractivity contribution in [3.05, 3.63) is 12.7 Å². The third-order valence-electron chi connectivity index (χ3n) is 0.762. The van der Waals surface area contributed by atoms with Gasteiger partial charge in [-0.15, -0.1) is 0 Å². The van der Waals surface area contributed by atoms with Crippen molar-refractivity contribution in [2.45, 2.75) is 17.0 Å². The molecule has 0 unspecified atom stereocenters. The molecule has 0 radical (unpaired) electrons. The van der Waals surface area contributed by atoms with Crippen LogP contribution in [-0.4, -0.2) is 0 Å². The van der Waals surface area contributed by atoms with Gasteiger partial charge in [-0.1, -0.05) is 0 Å². The van der Waals surface area contributed by atoms with E-state index in [-0.39, 0.29) is 17.1 Å². The van der Waals surface area contributed by atoms with Crippen molar-refractivity contribution in [1.29, 1.82) is 0 Å². The third-order valence-corrected chi connectivity index (χ3v) is 3.10. The van der Waals surface area contributed by atoms with E-state index < -0.39 is 0 Å². The van der Waals surface area contributed by atoms with Crippen molar-refractivity contribution in [3.63, 3.8) is 0 Å². The van der Waals surface area contributed by atoms with E-state index in [0.29, 0.717) is 0 Å². The summed E-state index contributed by atoms with van der Waals surface area (Å²) in [5.41, 5.74) is 2.37. The zero-order valence-electron chi connectivity index (χ0n) is 4.41. The molecule has 0 aliphatic carbocycles. The SMILES string of the molecule is C=CC[CH2][Zn][CH3]. The van der Waals surface area contributed by atoms with E-state index in [1.54, 1.807) is 0 Å². The fourth-order valence-corrected chi connectivity index (χ4v) is 1.81. The third kappa shape index (κ3) is 4.36. The van der Waals surface area contributed by atoms with Gasteiger partial charge in [-0.05, 0) is 0 Å². The molecule has 0 bridgehead atoms. The van der Waals surface area contributed by atoms with Gasteiger partial charge in [0.1, 0.15) is 0 Å². The van der Waals surface area contributed by atoms with Crippen LogP contribution in [0.4, 0.5) is 0 Å². The van der Waals surface area contributed by atoms with Crippen LogP contribution in [0.5, 0.6) is 0 Å². The average Bonchev–Trinajstić information content (AvgIpc) is 1.61. The van der Waals surface area contributed by atoms with Gasteiger partial charge in [-0.25, -0.2) is 0 Å². The summed E-state index contributed by atoms with van der Waals surface area (Å²) in [6.45, 7) is 3.63. The first-order valence-electron chi connectivity index (χ1n) is 2.52. The van der Waals surface area contributed by atoms with Crippen molar-refractivity contribution >= 4 is 0 Å². The van der Waals surface area contributed by atoms with Gasteiger partial charge in [0.25, 0.3) is 0 Å². The zero-order chi connectivity index (χ0) is 4.83. The van der Waals surface area contributed by atoms with Gasteiger partial charge < -0.3 is 0 Å². The molecular formula is C5H10Zn. The Morgan fingerprint density at radius 1 is 1.83 bits per heavy atom. The minimum absolute atomic E-state index is 0.00146. The predicted octanol–water partition coefficient (Wildman–Crippen LogP) is 2.11. The number of hydrogen-bond acceptors (Lipinski definition) is 0. The fourth-order valence-electron chi connectivity index (χ4n) is 0.348. The van der Waals surface area contributed by atoms with Crippen LogP contribution in [0, 0.1) is 0 Å². The quantitative estimate of drug-likeness (QED) is 0.316. The van der Waals surface area contributed by atoms with Crippen LogP contribution in [0.15, 0.2) is 12.7 Å². The van der Waals surface area contributed by atoms with Gasteiger partial charge in [-0.3, -0.25) is 0 Å². The summed E-state index contributed by atoms with van der Waals surface area (Å²) in [6.07, 6.45) is 3.27. The summed E-state index contributed by atoms with van der Waals surface area (Å²) in [7, 11) is 0. The molecule has 32 valence electrons. The Bertz CT molecular complexity index is 32.9. The van der Waals surface area contributed by atoms with Gasteiger partial charge in [0.15, 0.2) is 0 Å². The van der Waals surface area contributed by atoms with E-state index in [9.17, 15) is 0 Å². The van der Waals surface area contributed by atoms with Crippen molar-refractivity contribution in [3.8, 4) is 0 Å². The van der Waals surface area contributed by atoms with Crippen LogP contribution in [0.25, 0.3) is 0 Å². The number of rotatable bonds is 3. The van der Waals surface area contributed by atoms with E-state index >= 15 is 0 Å². The maximum atomic E-state index is 3.63. The van der Waals surface area contributed by atoms with Crippen LogP contribution in [0.1, 0.15) is 6.42 Å². The normalized spacial score (nSPS) is 6.83. The van der Waals surface area contributed by atoms with Crippen molar-refractivity contribution in [2.24, 2.45) is 0 Å². The molecule has 0 aromatic carbocycles. The molecular weight excluding hydrogens is 125 g/mol. The molecule has 1 heteroatoms. The summed E-state index contributed by atoms with van der Waals surface area (Å²) >= 11 is -0.00146. The zero-order valence-corrected chi connectivity index (χ0v) is 7.37. The summed E-state index contributed by atoms with van der Waals surface area (Å²) in [6, 6.07) is 0. The van der Waals surface area contributed by atoms with Crippen molar-refractivity contribution in [2.75, 3.05) is 0 Å². The molecule has 0 amide bonds. The van der Waals surface area contributed by atoms with Crippen LogP contribution >= 0.6 is 0 Å². The summed E-state index contributed by atoms with van der Waals surface area (Å²) in [4.78, 5) is 0. The monoisotopic (exact) mass is 134 g/mol. The molecule has 0 saturated heterocycles. The standard InChI is InChI=1S/C4H7.CH3.Zn/c1-3-4-2;;/h3H,1-2,4H2;1H3;. The van der Waals surface area contributed by atoms with Gasteiger partial charge in [0, 0.05) is 0 Å². The second-order valence-corrected chi connectivity index (χ2v) is 5.01. The Balaban J connectivity index is 2.49. The molecule has 0 aromatic rings. The molecule has 0 saturated carbocycles. The summed E-state index contributed by atoms with van der Waals surface area (Å²) < 4.78 is 0. The molecule has 0 fully saturated rings. The Hall–Kier alpha value is 0.363. The maximum absolute atomic E-state index is 3.63. The average molecular weight is 136 g/mol. The predicted molar refractivity (Wildman–Crippen MR) is 25.5 cm³/mol. The van der Waals surface area contributed by atoms with E-state index in [0.717, 1.165) is 0 Å².